The van der Waals surface area contributed by atoms with Crippen LogP contribution in [0, 0.1) is 0 Å². The van der Waals surface area contributed by atoms with Gasteiger partial charge >= 0.3 is 0 Å². The van der Waals surface area contributed by atoms with Crippen LogP contribution in [-0.4, -0.2) is 26.1 Å². The first-order chi connectivity index (χ1) is 7.76. The number of amides is 1. The van der Waals surface area contributed by atoms with E-state index < -0.39 is 0 Å². The predicted molar refractivity (Wildman–Crippen MR) is 63.4 cm³/mol. The third-order valence-electron chi connectivity index (χ3n) is 2.24. The van der Waals surface area contributed by atoms with Crippen LogP contribution in [0.2, 0.25) is 0 Å². The van der Waals surface area contributed by atoms with E-state index in [0.29, 0.717) is 25.9 Å². The maximum absolute atomic E-state index is 11.3. The van der Waals surface area contributed by atoms with E-state index in [9.17, 15) is 4.79 Å². The minimum Gasteiger partial charge on any atom is -0.497 e. The Morgan fingerprint density at radius 1 is 1.50 bits per heavy atom. The fourth-order valence-corrected chi connectivity index (χ4v) is 1.39. The standard InChI is InChI=1S/C12H18N2O2/c1-16-11-4-2-3-10(9-11)5-6-12(15)14-8-7-13/h2-4,9H,5-8,13H2,1H3,(H,14,15). The molecule has 4 nitrogen and oxygen atoms in total. The Balaban J connectivity index is 2.38. The lowest BCUT2D eigenvalue weighted by atomic mass is 10.1. The van der Waals surface area contributed by atoms with Crippen LogP contribution in [0.3, 0.4) is 0 Å². The number of nitrogens with one attached hydrogen (secondary N) is 1. The minimum atomic E-state index is 0.0354. The van der Waals surface area contributed by atoms with E-state index >= 15 is 0 Å². The second kappa shape index (κ2) is 6.85. The van der Waals surface area contributed by atoms with Crippen molar-refractivity contribution < 1.29 is 9.53 Å². The summed E-state index contributed by atoms with van der Waals surface area (Å²) in [4.78, 5) is 11.3. The monoisotopic (exact) mass is 222 g/mol. The van der Waals surface area contributed by atoms with Gasteiger partial charge in [0, 0.05) is 19.5 Å². The molecule has 88 valence electrons. The van der Waals surface area contributed by atoms with Crippen molar-refractivity contribution >= 4 is 5.91 Å². The molecule has 0 bridgehead atoms. The Morgan fingerprint density at radius 3 is 3.00 bits per heavy atom. The molecular weight excluding hydrogens is 204 g/mol. The molecule has 1 aromatic carbocycles. The van der Waals surface area contributed by atoms with Crippen molar-refractivity contribution in [2.24, 2.45) is 5.73 Å². The number of aryl methyl sites for hydroxylation is 1. The fourth-order valence-electron chi connectivity index (χ4n) is 1.39. The number of rotatable bonds is 6. The van der Waals surface area contributed by atoms with Gasteiger partial charge in [0.05, 0.1) is 7.11 Å². The Hall–Kier alpha value is -1.55. The van der Waals surface area contributed by atoms with E-state index in [2.05, 4.69) is 5.32 Å². The zero-order valence-electron chi connectivity index (χ0n) is 9.53. The van der Waals surface area contributed by atoms with Gasteiger partial charge < -0.3 is 15.8 Å². The summed E-state index contributed by atoms with van der Waals surface area (Å²) < 4.78 is 5.11. The minimum absolute atomic E-state index is 0.0354. The largest absolute Gasteiger partial charge is 0.497 e. The molecule has 1 aromatic rings. The predicted octanol–water partition coefficient (Wildman–Crippen LogP) is 0.703. The summed E-state index contributed by atoms with van der Waals surface area (Å²) >= 11 is 0. The molecule has 16 heavy (non-hydrogen) atoms. The number of methoxy groups -OCH3 is 1. The summed E-state index contributed by atoms with van der Waals surface area (Å²) in [6.07, 6.45) is 1.20. The summed E-state index contributed by atoms with van der Waals surface area (Å²) in [7, 11) is 1.63. The molecule has 1 rings (SSSR count). The molecule has 0 heterocycles. The molecule has 3 N–H and O–H groups in total. The Bertz CT molecular complexity index is 340. The van der Waals surface area contributed by atoms with E-state index in [1.807, 2.05) is 24.3 Å². The van der Waals surface area contributed by atoms with Crippen molar-refractivity contribution in [1.29, 1.82) is 0 Å². The van der Waals surface area contributed by atoms with Crippen molar-refractivity contribution in [3.63, 3.8) is 0 Å². The van der Waals surface area contributed by atoms with Gasteiger partial charge in [-0.1, -0.05) is 12.1 Å². The summed E-state index contributed by atoms with van der Waals surface area (Å²) in [6, 6.07) is 7.74. The zero-order chi connectivity index (χ0) is 11.8. The summed E-state index contributed by atoms with van der Waals surface area (Å²) in [5, 5.41) is 2.74. The number of carbonyl (C=O) groups excluding carboxylic acids is 1. The van der Waals surface area contributed by atoms with Gasteiger partial charge in [-0.2, -0.15) is 0 Å². The second-order valence-electron chi connectivity index (χ2n) is 3.49. The molecule has 0 spiro atoms. The summed E-state index contributed by atoms with van der Waals surface area (Å²) in [5.41, 5.74) is 6.39. The maximum atomic E-state index is 11.3. The number of ether oxygens (including phenoxy) is 1. The van der Waals surface area contributed by atoms with Gasteiger partial charge in [-0.25, -0.2) is 0 Å². The van der Waals surface area contributed by atoms with Gasteiger partial charge in [-0.15, -0.1) is 0 Å². The molecule has 0 fully saturated rings. The lowest BCUT2D eigenvalue weighted by molar-refractivity contribution is -0.120. The highest BCUT2D eigenvalue weighted by molar-refractivity contribution is 5.76. The average Bonchev–Trinajstić information content (AvgIpc) is 2.34. The number of carbonyl (C=O) groups is 1. The van der Waals surface area contributed by atoms with Crippen LogP contribution in [-0.2, 0) is 11.2 Å². The lowest BCUT2D eigenvalue weighted by Crippen LogP contribution is -2.29. The third-order valence-corrected chi connectivity index (χ3v) is 2.24. The van der Waals surface area contributed by atoms with Crippen LogP contribution in [0.1, 0.15) is 12.0 Å². The molecular formula is C12H18N2O2. The van der Waals surface area contributed by atoms with Gasteiger partial charge in [0.15, 0.2) is 0 Å². The molecule has 0 radical (unpaired) electrons. The molecule has 0 aliphatic carbocycles. The van der Waals surface area contributed by atoms with E-state index in [1.54, 1.807) is 7.11 Å². The molecule has 0 aromatic heterocycles. The number of nitrogens with two attached hydrogens (primary N) is 1. The number of benzene rings is 1. The topological polar surface area (TPSA) is 64.3 Å². The van der Waals surface area contributed by atoms with E-state index in [1.165, 1.54) is 0 Å². The first kappa shape index (κ1) is 12.5. The van der Waals surface area contributed by atoms with Gasteiger partial charge in [0.2, 0.25) is 5.91 Å². The SMILES string of the molecule is COc1cccc(CCC(=O)NCCN)c1. The first-order valence-electron chi connectivity index (χ1n) is 5.36. The van der Waals surface area contributed by atoms with Gasteiger partial charge in [0.25, 0.3) is 0 Å². The molecule has 0 aliphatic rings. The van der Waals surface area contributed by atoms with Gasteiger partial charge in [-0.05, 0) is 24.1 Å². The Kier molecular flexibility index (Phi) is 5.36. The molecule has 0 saturated carbocycles. The Morgan fingerprint density at radius 2 is 2.31 bits per heavy atom. The Labute approximate surface area is 95.8 Å². The second-order valence-corrected chi connectivity index (χ2v) is 3.49. The molecule has 0 unspecified atom stereocenters. The highest BCUT2D eigenvalue weighted by Gasteiger charge is 2.01. The first-order valence-corrected chi connectivity index (χ1v) is 5.36. The van der Waals surface area contributed by atoms with E-state index in [4.69, 9.17) is 10.5 Å². The van der Waals surface area contributed by atoms with Crippen molar-refractivity contribution in [3.05, 3.63) is 29.8 Å². The van der Waals surface area contributed by atoms with Crippen LogP contribution < -0.4 is 15.8 Å². The average molecular weight is 222 g/mol. The zero-order valence-corrected chi connectivity index (χ0v) is 9.53. The van der Waals surface area contributed by atoms with Crippen LogP contribution in [0.4, 0.5) is 0 Å². The number of hydrogen-bond acceptors (Lipinski definition) is 3. The fraction of sp³-hybridized carbons (Fsp3) is 0.417. The van der Waals surface area contributed by atoms with Crippen LogP contribution in [0.5, 0.6) is 5.75 Å². The number of hydrogen-bond donors (Lipinski definition) is 2. The highest BCUT2D eigenvalue weighted by Crippen LogP contribution is 2.13. The van der Waals surface area contributed by atoms with Crippen molar-refractivity contribution in [3.8, 4) is 5.75 Å². The normalized spacial score (nSPS) is 9.88. The quantitative estimate of drug-likeness (QED) is 0.744. The maximum Gasteiger partial charge on any atom is 0.220 e. The van der Waals surface area contributed by atoms with E-state index in [0.717, 1.165) is 11.3 Å². The lowest BCUT2D eigenvalue weighted by Gasteiger charge is -2.05. The highest BCUT2D eigenvalue weighted by atomic mass is 16.5. The molecule has 1 amide bonds. The molecule has 0 aliphatic heterocycles. The summed E-state index contributed by atoms with van der Waals surface area (Å²) in [5.74, 6) is 0.855. The van der Waals surface area contributed by atoms with E-state index in [-0.39, 0.29) is 5.91 Å². The van der Waals surface area contributed by atoms with Crippen LogP contribution in [0.25, 0.3) is 0 Å². The van der Waals surface area contributed by atoms with Gasteiger partial charge in [-0.3, -0.25) is 4.79 Å². The third kappa shape index (κ3) is 4.31. The van der Waals surface area contributed by atoms with Crippen molar-refractivity contribution in [2.75, 3.05) is 20.2 Å². The molecule has 0 atom stereocenters. The summed E-state index contributed by atoms with van der Waals surface area (Å²) in [6.45, 7) is 1.02. The molecule has 0 saturated heterocycles. The smallest absolute Gasteiger partial charge is 0.220 e. The molecule has 4 heteroatoms. The van der Waals surface area contributed by atoms with Gasteiger partial charge in [0.1, 0.15) is 5.75 Å². The van der Waals surface area contributed by atoms with Crippen LogP contribution >= 0.6 is 0 Å². The van der Waals surface area contributed by atoms with Crippen molar-refractivity contribution in [2.45, 2.75) is 12.8 Å². The van der Waals surface area contributed by atoms with Crippen LogP contribution in [0.15, 0.2) is 24.3 Å². The van der Waals surface area contributed by atoms with Crippen molar-refractivity contribution in [1.82, 2.24) is 5.32 Å².